The first-order valence-electron chi connectivity index (χ1n) is 6.85. The first-order valence-corrected chi connectivity index (χ1v) is 6.85. The van der Waals surface area contributed by atoms with Crippen molar-refractivity contribution in [1.82, 2.24) is 5.43 Å². The first kappa shape index (κ1) is 15.8. The molecule has 0 aliphatic rings. The van der Waals surface area contributed by atoms with Gasteiger partial charge in [-0.2, -0.15) is 0 Å². The average Bonchev–Trinajstić information content (AvgIpc) is 2.59. The molecule has 0 aliphatic heterocycles. The lowest BCUT2D eigenvalue weighted by molar-refractivity contribution is 0.0962. The van der Waals surface area contributed by atoms with Gasteiger partial charge in [-0.25, -0.2) is 17.6 Å². The van der Waals surface area contributed by atoms with E-state index in [-0.39, 0.29) is 11.6 Å². The lowest BCUT2D eigenvalue weighted by Gasteiger charge is -2.11. The van der Waals surface area contributed by atoms with Crippen molar-refractivity contribution < 1.29 is 22.4 Å². The number of halogens is 4. The van der Waals surface area contributed by atoms with Crippen molar-refractivity contribution in [2.45, 2.75) is 0 Å². The van der Waals surface area contributed by atoms with E-state index < -0.39 is 34.9 Å². The van der Waals surface area contributed by atoms with E-state index >= 15 is 0 Å². The average molecular weight is 334 g/mol. The molecule has 0 unspecified atom stereocenters. The number of anilines is 1. The van der Waals surface area contributed by atoms with Crippen molar-refractivity contribution in [3.63, 3.8) is 0 Å². The fourth-order valence-corrected chi connectivity index (χ4v) is 2.20. The highest BCUT2D eigenvalue weighted by Gasteiger charge is 2.19. The number of hydrogen-bond acceptors (Lipinski definition) is 2. The van der Waals surface area contributed by atoms with Crippen LogP contribution in [0.1, 0.15) is 10.4 Å². The van der Waals surface area contributed by atoms with Crippen LogP contribution in [0, 0.1) is 23.3 Å². The Bertz CT molecular complexity index is 917. The molecule has 0 saturated heterocycles. The number of carbonyl (C=O) groups is 1. The molecule has 2 N–H and O–H groups in total. The van der Waals surface area contributed by atoms with Gasteiger partial charge >= 0.3 is 0 Å². The third kappa shape index (κ3) is 2.88. The first-order chi connectivity index (χ1) is 11.5. The molecule has 0 aliphatic carbocycles. The van der Waals surface area contributed by atoms with E-state index in [0.717, 1.165) is 10.8 Å². The molecule has 0 aromatic heterocycles. The zero-order valence-corrected chi connectivity index (χ0v) is 12.0. The lowest BCUT2D eigenvalue weighted by Crippen LogP contribution is -2.30. The Balaban J connectivity index is 1.83. The van der Waals surface area contributed by atoms with Gasteiger partial charge in [-0.1, -0.05) is 30.3 Å². The molecule has 0 saturated carbocycles. The lowest BCUT2D eigenvalue weighted by atomic mass is 10.1. The molecule has 3 rings (SSSR count). The molecule has 7 heteroatoms. The highest BCUT2D eigenvalue weighted by Crippen LogP contribution is 2.23. The third-order valence-corrected chi connectivity index (χ3v) is 3.42. The summed E-state index contributed by atoms with van der Waals surface area (Å²) in [5, 5.41) is 1.70. The highest BCUT2D eigenvalue weighted by molar-refractivity contribution is 5.99. The molecule has 0 bridgehead atoms. The summed E-state index contributed by atoms with van der Waals surface area (Å²) in [4.78, 5) is 12.0. The zero-order chi connectivity index (χ0) is 17.3. The summed E-state index contributed by atoms with van der Waals surface area (Å²) in [5.41, 5.74) is 2.99. The summed E-state index contributed by atoms with van der Waals surface area (Å²) < 4.78 is 53.2. The maximum absolute atomic E-state index is 13.5. The van der Waals surface area contributed by atoms with E-state index in [2.05, 4.69) is 0 Å². The van der Waals surface area contributed by atoms with Crippen LogP contribution in [0.15, 0.2) is 48.5 Å². The molecule has 0 atom stereocenters. The van der Waals surface area contributed by atoms with E-state index in [4.69, 9.17) is 0 Å². The van der Waals surface area contributed by atoms with Gasteiger partial charge < -0.3 is 0 Å². The van der Waals surface area contributed by atoms with Gasteiger partial charge in [0.25, 0.3) is 5.91 Å². The topological polar surface area (TPSA) is 41.1 Å². The molecule has 3 nitrogen and oxygen atoms in total. The monoisotopic (exact) mass is 334 g/mol. The van der Waals surface area contributed by atoms with Crippen LogP contribution in [-0.4, -0.2) is 5.91 Å². The van der Waals surface area contributed by atoms with Crippen LogP contribution in [0.3, 0.4) is 0 Å². The molecule has 3 aromatic rings. The summed E-state index contributed by atoms with van der Waals surface area (Å²) in [7, 11) is 0. The standard InChI is InChI=1S/C17H10F4N2O/c18-12-8-13(19)15(21)16(14(12)20)22-23-17(24)11-6-5-9-3-1-2-4-10(9)7-11/h1-8,22H,(H,23,24). The number of nitrogens with one attached hydrogen (secondary N) is 2. The quantitative estimate of drug-likeness (QED) is 0.429. The van der Waals surface area contributed by atoms with Crippen LogP contribution in [-0.2, 0) is 0 Å². The van der Waals surface area contributed by atoms with Crippen molar-refractivity contribution in [2.24, 2.45) is 0 Å². The summed E-state index contributed by atoms with van der Waals surface area (Å²) in [6.45, 7) is 0. The predicted octanol–water partition coefficient (Wildman–Crippen LogP) is 4.15. The van der Waals surface area contributed by atoms with Crippen LogP contribution in [0.2, 0.25) is 0 Å². The normalized spacial score (nSPS) is 10.7. The van der Waals surface area contributed by atoms with E-state index in [0.29, 0.717) is 0 Å². The molecule has 0 fully saturated rings. The minimum absolute atomic E-state index is 0.0843. The predicted molar refractivity (Wildman–Crippen MR) is 81.3 cm³/mol. The van der Waals surface area contributed by atoms with Crippen molar-refractivity contribution in [3.8, 4) is 0 Å². The van der Waals surface area contributed by atoms with Gasteiger partial charge in [-0.05, 0) is 22.9 Å². The van der Waals surface area contributed by atoms with Crippen molar-refractivity contribution >= 4 is 22.4 Å². The van der Waals surface area contributed by atoms with Gasteiger partial charge in [0, 0.05) is 11.6 Å². The fraction of sp³-hybridized carbons (Fsp3) is 0. The van der Waals surface area contributed by atoms with Gasteiger partial charge in [0.1, 0.15) is 5.69 Å². The van der Waals surface area contributed by atoms with Crippen molar-refractivity contribution in [2.75, 3.05) is 5.43 Å². The number of amides is 1. The Hall–Kier alpha value is -3.09. The van der Waals surface area contributed by atoms with Crippen LogP contribution in [0.25, 0.3) is 10.8 Å². The minimum Gasteiger partial charge on any atom is -0.293 e. The number of carbonyl (C=O) groups excluding carboxylic acids is 1. The van der Waals surface area contributed by atoms with Gasteiger partial charge in [-0.3, -0.25) is 15.6 Å². The Morgan fingerprint density at radius 3 is 2.08 bits per heavy atom. The summed E-state index contributed by atoms with van der Waals surface area (Å²) in [6.07, 6.45) is 0. The number of rotatable bonds is 3. The second-order valence-corrected chi connectivity index (χ2v) is 4.98. The molecule has 0 heterocycles. The Kier molecular flexibility index (Phi) is 4.07. The number of fused-ring (bicyclic) bond motifs is 1. The largest absolute Gasteiger partial charge is 0.293 e. The SMILES string of the molecule is O=C(NNc1c(F)c(F)cc(F)c1F)c1ccc2ccccc2c1. The molecular formula is C17H10F4N2O. The minimum atomic E-state index is -1.63. The molecule has 3 aromatic carbocycles. The van der Waals surface area contributed by atoms with E-state index in [1.165, 1.54) is 6.07 Å². The smallest absolute Gasteiger partial charge is 0.269 e. The second kappa shape index (κ2) is 6.19. The molecular weight excluding hydrogens is 324 g/mol. The van der Waals surface area contributed by atoms with Gasteiger partial charge in [-0.15, -0.1) is 0 Å². The van der Waals surface area contributed by atoms with Crippen LogP contribution in [0.4, 0.5) is 23.2 Å². The number of hydrazine groups is 1. The van der Waals surface area contributed by atoms with E-state index in [1.54, 1.807) is 24.3 Å². The Morgan fingerprint density at radius 1 is 0.792 bits per heavy atom. The Morgan fingerprint density at radius 2 is 1.42 bits per heavy atom. The maximum atomic E-state index is 13.5. The van der Waals surface area contributed by atoms with Crippen LogP contribution >= 0.6 is 0 Å². The molecule has 24 heavy (non-hydrogen) atoms. The number of benzene rings is 3. The molecule has 1 amide bonds. The van der Waals surface area contributed by atoms with Crippen molar-refractivity contribution in [1.29, 1.82) is 0 Å². The Labute approximate surface area is 133 Å². The second-order valence-electron chi connectivity index (χ2n) is 4.98. The number of hydrogen-bond donors (Lipinski definition) is 2. The summed E-state index contributed by atoms with van der Waals surface area (Å²) in [5.74, 6) is -7.13. The highest BCUT2D eigenvalue weighted by atomic mass is 19.2. The molecule has 0 spiro atoms. The van der Waals surface area contributed by atoms with Crippen molar-refractivity contribution in [3.05, 3.63) is 77.4 Å². The van der Waals surface area contributed by atoms with E-state index in [1.807, 2.05) is 23.0 Å². The summed E-state index contributed by atoms with van der Waals surface area (Å²) >= 11 is 0. The van der Waals surface area contributed by atoms with Gasteiger partial charge in [0.2, 0.25) is 0 Å². The summed E-state index contributed by atoms with van der Waals surface area (Å²) in [6, 6.07) is 12.2. The maximum Gasteiger partial charge on any atom is 0.269 e. The fourth-order valence-electron chi connectivity index (χ4n) is 2.20. The molecule has 0 radical (unpaired) electrons. The van der Waals surface area contributed by atoms with Gasteiger partial charge in [0.05, 0.1) is 0 Å². The van der Waals surface area contributed by atoms with E-state index in [9.17, 15) is 22.4 Å². The third-order valence-electron chi connectivity index (χ3n) is 3.42. The zero-order valence-electron chi connectivity index (χ0n) is 12.0. The van der Waals surface area contributed by atoms with Gasteiger partial charge in [0.15, 0.2) is 23.3 Å². The van der Waals surface area contributed by atoms with Crippen LogP contribution < -0.4 is 10.9 Å². The van der Waals surface area contributed by atoms with Crippen LogP contribution in [0.5, 0.6) is 0 Å². The molecule has 122 valence electrons.